The third-order valence-electron chi connectivity index (χ3n) is 3.95. The molecule has 0 spiro atoms. The van der Waals surface area contributed by atoms with Crippen molar-refractivity contribution in [1.29, 1.82) is 0 Å². The molecule has 4 rings (SSSR count). The van der Waals surface area contributed by atoms with Gasteiger partial charge in [-0.2, -0.15) is 10.2 Å². The van der Waals surface area contributed by atoms with Gasteiger partial charge in [-0.05, 0) is 30.9 Å². The Morgan fingerprint density at radius 3 is 3.04 bits per heavy atom. The largest absolute Gasteiger partial charge is 0.335 e. The van der Waals surface area contributed by atoms with E-state index < -0.39 is 0 Å². The molecule has 0 bridgehead atoms. The summed E-state index contributed by atoms with van der Waals surface area (Å²) >= 11 is 0. The van der Waals surface area contributed by atoms with Gasteiger partial charge in [0.05, 0.1) is 24.3 Å². The number of rotatable bonds is 3. The lowest BCUT2D eigenvalue weighted by Crippen LogP contribution is -2.41. The maximum Gasteiger partial charge on any atom is 0.319 e. The number of carbonyl (C=O) groups excluding carboxylic acids is 1. The van der Waals surface area contributed by atoms with Crippen molar-refractivity contribution in [3.63, 3.8) is 0 Å². The van der Waals surface area contributed by atoms with E-state index in [1.54, 1.807) is 30.9 Å². The van der Waals surface area contributed by atoms with Crippen LogP contribution in [0.1, 0.15) is 17.7 Å². The first-order chi connectivity index (χ1) is 11.8. The molecule has 0 unspecified atom stereocenters. The van der Waals surface area contributed by atoms with Gasteiger partial charge < -0.3 is 10.6 Å². The molecule has 0 saturated carbocycles. The van der Waals surface area contributed by atoms with Crippen molar-refractivity contribution < 1.29 is 4.79 Å². The number of amides is 2. The molecule has 0 radical (unpaired) electrons. The normalized spacial score (nSPS) is 16.4. The van der Waals surface area contributed by atoms with Crippen LogP contribution in [-0.4, -0.2) is 42.0 Å². The number of urea groups is 1. The number of H-pyrrole nitrogens is 1. The quantitative estimate of drug-likeness (QED) is 0.667. The molecule has 3 aromatic rings. The monoisotopic (exact) mass is 324 g/mol. The maximum atomic E-state index is 12.2. The van der Waals surface area contributed by atoms with Gasteiger partial charge in [-0.3, -0.25) is 5.10 Å². The fourth-order valence-corrected chi connectivity index (χ4v) is 2.80. The number of nitrogens with zero attached hydrogens (tertiary/aromatic N) is 5. The number of hydrogen-bond donors (Lipinski definition) is 3. The Morgan fingerprint density at radius 2 is 2.17 bits per heavy atom. The Kier molecular flexibility index (Phi) is 3.66. The van der Waals surface area contributed by atoms with Crippen molar-refractivity contribution in [2.45, 2.75) is 25.3 Å². The van der Waals surface area contributed by atoms with Crippen LogP contribution in [0.15, 0.2) is 37.1 Å². The van der Waals surface area contributed by atoms with Crippen LogP contribution in [0.3, 0.4) is 0 Å². The van der Waals surface area contributed by atoms with E-state index in [0.717, 1.165) is 25.0 Å². The number of aromatic amines is 1. The van der Waals surface area contributed by atoms with Gasteiger partial charge in [-0.25, -0.2) is 19.4 Å². The molecule has 9 nitrogen and oxygen atoms in total. The Morgan fingerprint density at radius 1 is 1.29 bits per heavy atom. The van der Waals surface area contributed by atoms with Gasteiger partial charge in [-0.15, -0.1) is 0 Å². The highest BCUT2D eigenvalue weighted by molar-refractivity contribution is 5.89. The summed E-state index contributed by atoms with van der Waals surface area (Å²) < 4.78 is 1.51. The molecule has 122 valence electrons. The highest BCUT2D eigenvalue weighted by atomic mass is 16.2. The van der Waals surface area contributed by atoms with E-state index in [1.165, 1.54) is 10.2 Å². The van der Waals surface area contributed by atoms with Gasteiger partial charge >= 0.3 is 6.03 Å². The third-order valence-corrected chi connectivity index (χ3v) is 3.95. The minimum Gasteiger partial charge on any atom is -0.335 e. The van der Waals surface area contributed by atoms with Crippen molar-refractivity contribution in [3.05, 3.63) is 48.3 Å². The predicted octanol–water partition coefficient (Wildman–Crippen LogP) is 1.06. The number of nitrogens with one attached hydrogen (secondary N) is 3. The van der Waals surface area contributed by atoms with Gasteiger partial charge in [0.25, 0.3) is 0 Å². The molecule has 9 heteroatoms. The van der Waals surface area contributed by atoms with Gasteiger partial charge in [0, 0.05) is 24.1 Å². The van der Waals surface area contributed by atoms with E-state index >= 15 is 0 Å². The van der Waals surface area contributed by atoms with Crippen LogP contribution in [0.2, 0.25) is 0 Å². The van der Waals surface area contributed by atoms with Gasteiger partial charge in [0.1, 0.15) is 0 Å². The molecule has 3 heterocycles. The molecule has 0 aromatic carbocycles. The molecule has 1 aliphatic rings. The van der Waals surface area contributed by atoms with E-state index in [2.05, 4.69) is 35.9 Å². The first-order valence-electron chi connectivity index (χ1n) is 7.68. The van der Waals surface area contributed by atoms with Crippen molar-refractivity contribution in [3.8, 4) is 5.95 Å². The summed E-state index contributed by atoms with van der Waals surface area (Å²) in [5.74, 6) is 0.450. The van der Waals surface area contributed by atoms with Crippen LogP contribution in [0, 0.1) is 0 Å². The number of hydrogen-bond acceptors (Lipinski definition) is 5. The van der Waals surface area contributed by atoms with Crippen molar-refractivity contribution >= 4 is 11.7 Å². The molecule has 1 aliphatic carbocycles. The van der Waals surface area contributed by atoms with Crippen molar-refractivity contribution in [2.24, 2.45) is 0 Å². The molecule has 2 amide bonds. The zero-order valence-corrected chi connectivity index (χ0v) is 12.8. The van der Waals surface area contributed by atoms with Crippen molar-refractivity contribution in [1.82, 2.24) is 35.3 Å². The van der Waals surface area contributed by atoms with E-state index in [4.69, 9.17) is 0 Å². The number of aromatic nitrogens is 6. The van der Waals surface area contributed by atoms with E-state index in [9.17, 15) is 4.79 Å². The topological polar surface area (TPSA) is 113 Å². The maximum absolute atomic E-state index is 12.2. The summed E-state index contributed by atoms with van der Waals surface area (Å²) in [6.07, 6.45) is 10.9. The van der Waals surface area contributed by atoms with Crippen LogP contribution < -0.4 is 10.6 Å². The highest BCUT2D eigenvalue weighted by Gasteiger charge is 2.21. The van der Waals surface area contributed by atoms with Crippen LogP contribution in [-0.2, 0) is 12.8 Å². The Labute approximate surface area is 137 Å². The van der Waals surface area contributed by atoms with Gasteiger partial charge in [-0.1, -0.05) is 0 Å². The molecular formula is C15H16N8O. The Hall–Kier alpha value is -3.23. The summed E-state index contributed by atoms with van der Waals surface area (Å²) in [6, 6.07) is 1.58. The second-order valence-corrected chi connectivity index (χ2v) is 5.63. The first-order valence-corrected chi connectivity index (χ1v) is 7.68. The minimum absolute atomic E-state index is 0.0996. The summed E-state index contributed by atoms with van der Waals surface area (Å²) in [7, 11) is 0. The third kappa shape index (κ3) is 2.96. The average Bonchev–Trinajstić information content (AvgIpc) is 3.24. The number of carbonyl (C=O) groups is 1. The van der Waals surface area contributed by atoms with E-state index in [-0.39, 0.29) is 12.1 Å². The predicted molar refractivity (Wildman–Crippen MR) is 85.7 cm³/mol. The standard InChI is InChI=1S/C15H16N8O/c24-15(20-11-2-3-13-10(6-11)7-18-22-13)21-12-8-19-23(9-12)14-16-4-1-5-17-14/h1,4-5,7-9,11H,2-3,6H2,(H,18,22)(H2,20,21,24)/t11-/m1/s1. The molecule has 0 saturated heterocycles. The second-order valence-electron chi connectivity index (χ2n) is 5.63. The summed E-state index contributed by atoms with van der Waals surface area (Å²) in [6.45, 7) is 0. The van der Waals surface area contributed by atoms with Gasteiger partial charge in [0.2, 0.25) is 5.95 Å². The molecule has 0 aliphatic heterocycles. The lowest BCUT2D eigenvalue weighted by Gasteiger charge is -2.22. The zero-order chi connectivity index (χ0) is 16.4. The molecule has 3 aromatic heterocycles. The Bertz CT molecular complexity index is 840. The highest BCUT2D eigenvalue weighted by Crippen LogP contribution is 2.19. The SMILES string of the molecule is O=C(Nc1cnn(-c2ncccn2)c1)N[C@@H]1CCc2[nH]ncc2C1. The molecular weight excluding hydrogens is 308 g/mol. The van der Waals surface area contributed by atoms with Crippen LogP contribution >= 0.6 is 0 Å². The van der Waals surface area contributed by atoms with E-state index in [1.807, 2.05) is 6.20 Å². The number of aryl methyl sites for hydroxylation is 1. The fraction of sp³-hybridized carbons (Fsp3) is 0.267. The smallest absolute Gasteiger partial charge is 0.319 e. The zero-order valence-electron chi connectivity index (χ0n) is 12.8. The lowest BCUT2D eigenvalue weighted by atomic mass is 9.94. The second kappa shape index (κ2) is 6.11. The summed E-state index contributed by atoms with van der Waals surface area (Å²) in [4.78, 5) is 20.4. The van der Waals surface area contributed by atoms with Crippen LogP contribution in [0.4, 0.5) is 10.5 Å². The lowest BCUT2D eigenvalue weighted by molar-refractivity contribution is 0.247. The summed E-state index contributed by atoms with van der Waals surface area (Å²) in [5.41, 5.74) is 2.91. The van der Waals surface area contributed by atoms with Crippen LogP contribution in [0.5, 0.6) is 0 Å². The molecule has 3 N–H and O–H groups in total. The average molecular weight is 324 g/mol. The van der Waals surface area contributed by atoms with E-state index in [0.29, 0.717) is 11.6 Å². The summed E-state index contributed by atoms with van der Waals surface area (Å²) in [5, 5.41) is 16.9. The fourth-order valence-electron chi connectivity index (χ4n) is 2.80. The number of anilines is 1. The minimum atomic E-state index is -0.250. The molecule has 24 heavy (non-hydrogen) atoms. The van der Waals surface area contributed by atoms with Crippen molar-refractivity contribution in [2.75, 3.05) is 5.32 Å². The first kappa shape index (κ1) is 14.4. The van der Waals surface area contributed by atoms with Crippen LogP contribution in [0.25, 0.3) is 5.95 Å². The number of fused-ring (bicyclic) bond motifs is 1. The van der Waals surface area contributed by atoms with Gasteiger partial charge in [0.15, 0.2) is 0 Å². The molecule has 1 atom stereocenters. The Balaban J connectivity index is 1.36. The molecule has 0 fully saturated rings.